The number of hydrogen-bond acceptors (Lipinski definition) is 2. The summed E-state index contributed by atoms with van der Waals surface area (Å²) in [5.41, 5.74) is 5.44. The molecule has 0 saturated carbocycles. The quantitative estimate of drug-likeness (QED) is 0.619. The molecule has 1 atom stereocenters. The third-order valence-corrected chi connectivity index (χ3v) is 1.46. The van der Waals surface area contributed by atoms with Gasteiger partial charge in [-0.1, -0.05) is 20.8 Å². The second-order valence-electron chi connectivity index (χ2n) is 3.46. The summed E-state index contributed by atoms with van der Waals surface area (Å²) in [5, 5.41) is 2.51. The Balaban J connectivity index is 0. The average molecular weight is 181 g/mol. The molecule has 68 valence electrons. The van der Waals surface area contributed by atoms with Gasteiger partial charge in [-0.25, -0.2) is 0 Å². The first-order chi connectivity index (χ1) is 4.39. The molecule has 0 bridgehead atoms. The van der Waals surface area contributed by atoms with Gasteiger partial charge in [0.15, 0.2) is 0 Å². The van der Waals surface area contributed by atoms with E-state index in [1.165, 1.54) is 0 Å². The summed E-state index contributed by atoms with van der Waals surface area (Å²) in [7, 11) is 1.59. The molecule has 0 aromatic rings. The SMILES string of the molecule is CNC(=O)[C@H](N)C(C)(C)C.Cl. The Morgan fingerprint density at radius 3 is 1.91 bits per heavy atom. The molecule has 0 spiro atoms. The lowest BCUT2D eigenvalue weighted by Crippen LogP contribution is -2.47. The van der Waals surface area contributed by atoms with E-state index < -0.39 is 6.04 Å². The zero-order valence-corrected chi connectivity index (χ0v) is 8.29. The standard InChI is InChI=1S/C7H16N2O.ClH/c1-7(2,3)5(8)6(10)9-4;/h5H,8H2,1-4H3,(H,9,10);1H/t5-;/m0./s1. The fourth-order valence-electron chi connectivity index (χ4n) is 0.549. The normalized spacial score (nSPS) is 13.2. The van der Waals surface area contributed by atoms with Gasteiger partial charge in [0.2, 0.25) is 5.91 Å². The molecule has 0 radical (unpaired) electrons. The fraction of sp³-hybridized carbons (Fsp3) is 0.857. The first kappa shape index (κ1) is 13.3. The van der Waals surface area contributed by atoms with Gasteiger partial charge in [0, 0.05) is 7.05 Å². The molecule has 0 fully saturated rings. The van der Waals surface area contributed by atoms with Crippen molar-refractivity contribution in [3.8, 4) is 0 Å². The van der Waals surface area contributed by atoms with E-state index in [1.54, 1.807) is 7.05 Å². The zero-order valence-electron chi connectivity index (χ0n) is 7.47. The van der Waals surface area contributed by atoms with Crippen molar-refractivity contribution in [1.29, 1.82) is 0 Å². The predicted octanol–water partition coefficient (Wildman–Crippen LogP) is 0.528. The maximum Gasteiger partial charge on any atom is 0.237 e. The summed E-state index contributed by atoms with van der Waals surface area (Å²) in [4.78, 5) is 10.9. The highest BCUT2D eigenvalue weighted by Crippen LogP contribution is 2.16. The highest BCUT2D eigenvalue weighted by atomic mass is 35.5. The topological polar surface area (TPSA) is 55.1 Å². The Morgan fingerprint density at radius 2 is 1.82 bits per heavy atom. The van der Waals surface area contributed by atoms with Crippen molar-refractivity contribution in [2.45, 2.75) is 26.8 Å². The predicted molar refractivity (Wildman–Crippen MR) is 48.7 cm³/mol. The van der Waals surface area contributed by atoms with Gasteiger partial charge in [-0.2, -0.15) is 0 Å². The lowest BCUT2D eigenvalue weighted by molar-refractivity contribution is -0.123. The molecular formula is C7H17ClN2O. The zero-order chi connectivity index (χ0) is 8.36. The second kappa shape index (κ2) is 4.57. The Kier molecular flexibility index (Phi) is 5.53. The van der Waals surface area contributed by atoms with Crippen LogP contribution >= 0.6 is 12.4 Å². The van der Waals surface area contributed by atoms with Gasteiger partial charge >= 0.3 is 0 Å². The fourth-order valence-corrected chi connectivity index (χ4v) is 0.549. The summed E-state index contributed by atoms with van der Waals surface area (Å²) in [5.74, 6) is -0.104. The minimum atomic E-state index is -0.419. The first-order valence-electron chi connectivity index (χ1n) is 3.36. The number of nitrogens with one attached hydrogen (secondary N) is 1. The van der Waals surface area contributed by atoms with Crippen molar-refractivity contribution >= 4 is 18.3 Å². The van der Waals surface area contributed by atoms with Crippen LogP contribution < -0.4 is 11.1 Å². The summed E-state index contributed by atoms with van der Waals surface area (Å²) < 4.78 is 0. The number of carbonyl (C=O) groups excluding carboxylic acids is 1. The third kappa shape index (κ3) is 4.22. The molecule has 0 rings (SSSR count). The number of nitrogens with two attached hydrogens (primary N) is 1. The minimum absolute atomic E-state index is 0. The van der Waals surface area contributed by atoms with E-state index in [4.69, 9.17) is 5.73 Å². The van der Waals surface area contributed by atoms with Crippen LogP contribution in [0.25, 0.3) is 0 Å². The van der Waals surface area contributed by atoms with Crippen molar-refractivity contribution in [2.24, 2.45) is 11.1 Å². The van der Waals surface area contributed by atoms with Crippen LogP contribution in [0.5, 0.6) is 0 Å². The van der Waals surface area contributed by atoms with Gasteiger partial charge < -0.3 is 11.1 Å². The monoisotopic (exact) mass is 180 g/mol. The van der Waals surface area contributed by atoms with E-state index >= 15 is 0 Å². The molecule has 0 aliphatic heterocycles. The second-order valence-corrected chi connectivity index (χ2v) is 3.46. The van der Waals surface area contributed by atoms with E-state index in [9.17, 15) is 4.79 Å². The molecule has 11 heavy (non-hydrogen) atoms. The highest BCUT2D eigenvalue weighted by Gasteiger charge is 2.26. The Bertz CT molecular complexity index is 131. The van der Waals surface area contributed by atoms with E-state index in [0.717, 1.165) is 0 Å². The van der Waals surface area contributed by atoms with E-state index in [-0.39, 0.29) is 23.7 Å². The van der Waals surface area contributed by atoms with Crippen LogP contribution in [0.1, 0.15) is 20.8 Å². The van der Waals surface area contributed by atoms with Gasteiger partial charge in [0.25, 0.3) is 0 Å². The van der Waals surface area contributed by atoms with E-state index in [2.05, 4.69) is 5.32 Å². The van der Waals surface area contributed by atoms with Gasteiger partial charge in [0.05, 0.1) is 6.04 Å². The van der Waals surface area contributed by atoms with Crippen molar-refractivity contribution in [3.63, 3.8) is 0 Å². The summed E-state index contributed by atoms with van der Waals surface area (Å²) >= 11 is 0. The maximum atomic E-state index is 10.9. The van der Waals surface area contributed by atoms with Crippen molar-refractivity contribution in [2.75, 3.05) is 7.05 Å². The molecule has 0 aliphatic rings. The number of hydrogen-bond donors (Lipinski definition) is 2. The average Bonchev–Trinajstić information content (AvgIpc) is 1.83. The smallest absolute Gasteiger partial charge is 0.237 e. The summed E-state index contributed by atoms with van der Waals surface area (Å²) in [6, 6.07) is -0.419. The number of likely N-dealkylation sites (N-methyl/N-ethyl adjacent to an activating group) is 1. The molecule has 1 amide bonds. The van der Waals surface area contributed by atoms with Crippen molar-refractivity contribution < 1.29 is 4.79 Å². The molecule has 4 heteroatoms. The van der Waals surface area contributed by atoms with Crippen LogP contribution in [-0.4, -0.2) is 19.0 Å². The maximum absolute atomic E-state index is 10.9. The van der Waals surface area contributed by atoms with Crippen LogP contribution in [-0.2, 0) is 4.79 Å². The molecule has 3 nitrogen and oxygen atoms in total. The Hall–Kier alpha value is -0.280. The molecular weight excluding hydrogens is 164 g/mol. The van der Waals surface area contributed by atoms with E-state index in [0.29, 0.717) is 0 Å². The first-order valence-corrected chi connectivity index (χ1v) is 3.36. The number of amides is 1. The minimum Gasteiger partial charge on any atom is -0.358 e. The molecule has 0 aromatic heterocycles. The van der Waals surface area contributed by atoms with Crippen LogP contribution in [0.4, 0.5) is 0 Å². The summed E-state index contributed by atoms with van der Waals surface area (Å²) in [6.07, 6.45) is 0. The lowest BCUT2D eigenvalue weighted by atomic mass is 9.87. The Labute approximate surface area is 74.1 Å². The highest BCUT2D eigenvalue weighted by molar-refractivity contribution is 5.85. The van der Waals surface area contributed by atoms with Crippen LogP contribution in [0.3, 0.4) is 0 Å². The molecule has 0 unspecified atom stereocenters. The number of rotatable bonds is 1. The van der Waals surface area contributed by atoms with Gasteiger partial charge in [-0.05, 0) is 5.41 Å². The van der Waals surface area contributed by atoms with Crippen LogP contribution in [0.2, 0.25) is 0 Å². The molecule has 0 aromatic carbocycles. The number of halogens is 1. The molecule has 0 saturated heterocycles. The number of carbonyl (C=O) groups is 1. The van der Waals surface area contributed by atoms with Crippen molar-refractivity contribution in [3.05, 3.63) is 0 Å². The lowest BCUT2D eigenvalue weighted by Gasteiger charge is -2.24. The van der Waals surface area contributed by atoms with Crippen LogP contribution in [0, 0.1) is 5.41 Å². The molecule has 3 N–H and O–H groups in total. The van der Waals surface area contributed by atoms with E-state index in [1.807, 2.05) is 20.8 Å². The molecule has 0 heterocycles. The molecule has 0 aliphatic carbocycles. The van der Waals surface area contributed by atoms with Crippen molar-refractivity contribution in [1.82, 2.24) is 5.32 Å². The largest absolute Gasteiger partial charge is 0.358 e. The Morgan fingerprint density at radius 1 is 1.45 bits per heavy atom. The van der Waals surface area contributed by atoms with Gasteiger partial charge in [0.1, 0.15) is 0 Å². The van der Waals surface area contributed by atoms with Gasteiger partial charge in [-0.3, -0.25) is 4.79 Å². The van der Waals surface area contributed by atoms with Gasteiger partial charge in [-0.15, -0.1) is 12.4 Å². The van der Waals surface area contributed by atoms with Crippen LogP contribution in [0.15, 0.2) is 0 Å². The summed E-state index contributed by atoms with van der Waals surface area (Å²) in [6.45, 7) is 5.81. The third-order valence-electron chi connectivity index (χ3n) is 1.46.